The second-order valence-electron chi connectivity index (χ2n) is 7.51. The van der Waals surface area contributed by atoms with E-state index in [0.717, 1.165) is 46.9 Å². The highest BCUT2D eigenvalue weighted by Crippen LogP contribution is 2.33. The summed E-state index contributed by atoms with van der Waals surface area (Å²) in [7, 11) is 2.02. The highest BCUT2D eigenvalue weighted by Gasteiger charge is 2.27. The zero-order valence-electron chi connectivity index (χ0n) is 17.5. The predicted octanol–water partition coefficient (Wildman–Crippen LogP) is 3.73. The number of benzene rings is 1. The fourth-order valence-corrected chi connectivity index (χ4v) is 4.95. The van der Waals surface area contributed by atoms with Crippen LogP contribution >= 0.6 is 22.7 Å². The van der Waals surface area contributed by atoms with Gasteiger partial charge in [0, 0.05) is 37.8 Å². The summed E-state index contributed by atoms with van der Waals surface area (Å²) in [6.45, 7) is 4.82. The fourth-order valence-electron chi connectivity index (χ4n) is 3.29. The average Bonchev–Trinajstić information content (AvgIpc) is 3.42. The monoisotopic (exact) mass is 471 g/mol. The van der Waals surface area contributed by atoms with E-state index >= 15 is 0 Å². The first-order valence-corrected chi connectivity index (χ1v) is 11.6. The van der Waals surface area contributed by atoms with Gasteiger partial charge in [0.1, 0.15) is 4.88 Å². The zero-order valence-corrected chi connectivity index (χ0v) is 19.2. The lowest BCUT2D eigenvalue weighted by Gasteiger charge is -2.32. The lowest BCUT2D eigenvalue weighted by molar-refractivity contribution is -0.380. The van der Waals surface area contributed by atoms with Gasteiger partial charge < -0.3 is 9.80 Å². The van der Waals surface area contributed by atoms with E-state index in [-0.39, 0.29) is 20.9 Å². The lowest BCUT2D eigenvalue weighted by atomic mass is 10.1. The highest BCUT2D eigenvalue weighted by atomic mass is 32.1. The van der Waals surface area contributed by atoms with E-state index in [1.54, 1.807) is 4.90 Å². The molecule has 2 aromatic heterocycles. The third kappa shape index (κ3) is 4.69. The molecule has 1 aromatic carbocycles. The highest BCUT2D eigenvalue weighted by molar-refractivity contribution is 7.19. The number of hydrogen-bond acceptors (Lipinski definition) is 8. The summed E-state index contributed by atoms with van der Waals surface area (Å²) in [5, 5.41) is 13.8. The molecular formula is C21H21N5O4S2. The number of thiophene rings is 1. The summed E-state index contributed by atoms with van der Waals surface area (Å²) < 4.78 is 0. The molecule has 0 spiro atoms. The van der Waals surface area contributed by atoms with Gasteiger partial charge >= 0.3 is 5.00 Å². The Hall–Kier alpha value is -3.15. The van der Waals surface area contributed by atoms with E-state index in [9.17, 15) is 19.7 Å². The van der Waals surface area contributed by atoms with Gasteiger partial charge in [-0.3, -0.25) is 25.0 Å². The molecule has 11 heteroatoms. The van der Waals surface area contributed by atoms with Gasteiger partial charge in [0.2, 0.25) is 0 Å². The van der Waals surface area contributed by atoms with Crippen LogP contribution in [0.1, 0.15) is 24.9 Å². The molecule has 1 saturated heterocycles. The van der Waals surface area contributed by atoms with Crippen molar-refractivity contribution in [1.82, 2.24) is 14.8 Å². The normalized spacial score (nSPS) is 14.4. The Morgan fingerprint density at radius 3 is 2.38 bits per heavy atom. The van der Waals surface area contributed by atoms with Crippen LogP contribution < -0.4 is 5.32 Å². The quantitative estimate of drug-likeness (QED) is 0.449. The molecule has 0 aliphatic carbocycles. The van der Waals surface area contributed by atoms with E-state index in [2.05, 4.69) is 15.2 Å². The number of thiazole rings is 1. The molecule has 0 bridgehead atoms. The first kappa shape index (κ1) is 22.1. The minimum Gasteiger partial charge on any atom is -0.335 e. The molecule has 32 heavy (non-hydrogen) atoms. The molecule has 0 saturated carbocycles. The summed E-state index contributed by atoms with van der Waals surface area (Å²) in [5.41, 5.74) is 2.40. The molecule has 0 radical (unpaired) electrons. The summed E-state index contributed by atoms with van der Waals surface area (Å²) in [4.78, 5) is 45.5. The zero-order chi connectivity index (χ0) is 22.8. The number of carbonyl (C=O) groups is 2. The van der Waals surface area contributed by atoms with Crippen LogP contribution in [0, 0.1) is 17.0 Å². The Morgan fingerprint density at radius 2 is 1.75 bits per heavy atom. The maximum Gasteiger partial charge on any atom is 0.324 e. The van der Waals surface area contributed by atoms with Gasteiger partial charge in [-0.15, -0.1) is 0 Å². The molecule has 9 nitrogen and oxygen atoms in total. The molecule has 1 aliphatic heterocycles. The number of hydrogen-bond donors (Lipinski definition) is 1. The smallest absolute Gasteiger partial charge is 0.324 e. The maximum atomic E-state index is 13.3. The van der Waals surface area contributed by atoms with Crippen LogP contribution in [0.15, 0.2) is 36.4 Å². The number of rotatable bonds is 5. The van der Waals surface area contributed by atoms with Gasteiger partial charge in [0.15, 0.2) is 5.13 Å². The number of nitrogens with zero attached hydrogens (tertiary/aromatic N) is 4. The van der Waals surface area contributed by atoms with Crippen LogP contribution in [-0.2, 0) is 0 Å². The number of piperazine rings is 1. The lowest BCUT2D eigenvalue weighted by Crippen LogP contribution is -2.47. The van der Waals surface area contributed by atoms with Crippen molar-refractivity contribution in [2.24, 2.45) is 0 Å². The number of aromatic nitrogens is 1. The minimum atomic E-state index is -0.535. The molecule has 3 heterocycles. The van der Waals surface area contributed by atoms with Crippen LogP contribution in [0.4, 0.5) is 10.1 Å². The number of nitro groups is 1. The van der Waals surface area contributed by atoms with Gasteiger partial charge in [0.05, 0.1) is 15.5 Å². The minimum absolute atomic E-state index is 0.111. The van der Waals surface area contributed by atoms with Crippen molar-refractivity contribution in [3.63, 3.8) is 0 Å². The summed E-state index contributed by atoms with van der Waals surface area (Å²) in [6.07, 6.45) is 0. The maximum absolute atomic E-state index is 13.3. The molecule has 1 N–H and O–H groups in total. The van der Waals surface area contributed by atoms with Crippen molar-refractivity contribution in [2.75, 3.05) is 38.5 Å². The molecular weight excluding hydrogens is 450 g/mol. The van der Waals surface area contributed by atoms with Gasteiger partial charge in [-0.2, -0.15) is 0 Å². The molecule has 166 valence electrons. The Kier molecular flexibility index (Phi) is 6.31. The number of likely N-dealkylation sites (N-methyl/N-ethyl adjacent to an activating group) is 1. The van der Waals surface area contributed by atoms with Crippen molar-refractivity contribution >= 4 is 44.6 Å². The standard InChI is InChI=1S/C21H21N5O4S2/c1-13-3-5-14(6-4-13)17-18(20(28)25-11-9-24(2)10-12-25)32-21(22-17)23-19(27)15-7-8-16(31-15)26(29)30/h3-8H,9-12H2,1-2H3,(H,22,23,27). The van der Waals surface area contributed by atoms with E-state index in [1.165, 1.54) is 12.1 Å². The summed E-state index contributed by atoms with van der Waals surface area (Å²) in [5.74, 6) is -0.607. The molecule has 0 unspecified atom stereocenters. The largest absolute Gasteiger partial charge is 0.335 e. The second kappa shape index (κ2) is 9.15. The van der Waals surface area contributed by atoms with Gasteiger partial charge in [-0.1, -0.05) is 52.5 Å². The van der Waals surface area contributed by atoms with E-state index in [0.29, 0.717) is 23.7 Å². The number of nitrogens with one attached hydrogen (secondary N) is 1. The SMILES string of the molecule is Cc1ccc(-c2nc(NC(=O)c3ccc([N+](=O)[O-])s3)sc2C(=O)N2CCN(C)CC2)cc1. The second-order valence-corrected chi connectivity index (χ2v) is 9.57. The van der Waals surface area contributed by atoms with Crippen molar-refractivity contribution in [1.29, 1.82) is 0 Å². The van der Waals surface area contributed by atoms with E-state index in [4.69, 9.17) is 0 Å². The number of amides is 2. The molecule has 1 fully saturated rings. The molecule has 1 aliphatic rings. The van der Waals surface area contributed by atoms with Gasteiger partial charge in [-0.05, 0) is 20.0 Å². The number of aryl methyl sites for hydroxylation is 1. The van der Waals surface area contributed by atoms with Crippen molar-refractivity contribution < 1.29 is 14.5 Å². The van der Waals surface area contributed by atoms with Gasteiger partial charge in [-0.25, -0.2) is 4.98 Å². The van der Waals surface area contributed by atoms with Crippen LogP contribution in [0.2, 0.25) is 0 Å². The van der Waals surface area contributed by atoms with Gasteiger partial charge in [0.25, 0.3) is 11.8 Å². The molecule has 4 rings (SSSR count). The van der Waals surface area contributed by atoms with E-state index in [1.807, 2.05) is 38.2 Å². The Morgan fingerprint density at radius 1 is 1.06 bits per heavy atom. The first-order valence-electron chi connectivity index (χ1n) is 9.93. The fraction of sp³-hybridized carbons (Fsp3) is 0.286. The van der Waals surface area contributed by atoms with Crippen LogP contribution in [0.3, 0.4) is 0 Å². The number of anilines is 1. The molecule has 3 aromatic rings. The van der Waals surface area contributed by atoms with Crippen LogP contribution in [-0.4, -0.2) is 64.7 Å². The average molecular weight is 472 g/mol. The Bertz CT molecular complexity index is 1160. The van der Waals surface area contributed by atoms with Crippen LogP contribution in [0.25, 0.3) is 11.3 Å². The third-order valence-electron chi connectivity index (χ3n) is 5.15. The Labute approximate surface area is 192 Å². The molecule has 0 atom stereocenters. The van der Waals surface area contributed by atoms with Crippen molar-refractivity contribution in [3.05, 3.63) is 61.8 Å². The number of carbonyl (C=O) groups excluding carboxylic acids is 2. The first-order chi connectivity index (χ1) is 15.3. The van der Waals surface area contributed by atoms with Crippen molar-refractivity contribution in [2.45, 2.75) is 6.92 Å². The third-order valence-corrected chi connectivity index (χ3v) is 7.15. The Balaban J connectivity index is 1.63. The molecule has 2 amide bonds. The van der Waals surface area contributed by atoms with Crippen molar-refractivity contribution in [3.8, 4) is 11.3 Å². The summed E-state index contributed by atoms with van der Waals surface area (Å²) >= 11 is 1.91. The predicted molar refractivity (Wildman–Crippen MR) is 125 cm³/mol. The summed E-state index contributed by atoms with van der Waals surface area (Å²) in [6, 6.07) is 10.4. The van der Waals surface area contributed by atoms with Crippen LogP contribution in [0.5, 0.6) is 0 Å². The van der Waals surface area contributed by atoms with E-state index < -0.39 is 10.8 Å². The topological polar surface area (TPSA) is 109 Å².